The zero-order valence-corrected chi connectivity index (χ0v) is 12.9. The Morgan fingerprint density at radius 3 is 2.58 bits per heavy atom. The standard InChI is InChI=1S/C15H15F3N2O4/c1-9(2)24-14(21)10-4-3-5-12(15(16,17)18)11(10)8-23-13-6-7-20(22)19-13/h3-7,9,22H,8H2,1-2H3. The third kappa shape index (κ3) is 4.18. The molecule has 1 N–H and O–H groups in total. The first-order chi connectivity index (χ1) is 11.2. The lowest BCUT2D eigenvalue weighted by atomic mass is 10.0. The van der Waals surface area contributed by atoms with E-state index >= 15 is 0 Å². The Morgan fingerprint density at radius 2 is 2.04 bits per heavy atom. The molecular formula is C15H15F3N2O4. The molecule has 130 valence electrons. The Morgan fingerprint density at radius 1 is 1.33 bits per heavy atom. The predicted octanol–water partition coefficient (Wildman–Crippen LogP) is 3.28. The van der Waals surface area contributed by atoms with E-state index in [0.717, 1.165) is 18.3 Å². The predicted molar refractivity (Wildman–Crippen MR) is 75.7 cm³/mol. The van der Waals surface area contributed by atoms with Crippen molar-refractivity contribution in [2.75, 3.05) is 0 Å². The molecule has 24 heavy (non-hydrogen) atoms. The van der Waals surface area contributed by atoms with Crippen molar-refractivity contribution in [3.8, 4) is 5.88 Å². The molecule has 0 fully saturated rings. The van der Waals surface area contributed by atoms with E-state index in [4.69, 9.17) is 14.7 Å². The first-order valence-corrected chi connectivity index (χ1v) is 6.96. The second-order valence-electron chi connectivity index (χ2n) is 5.15. The highest BCUT2D eigenvalue weighted by atomic mass is 19.4. The summed E-state index contributed by atoms with van der Waals surface area (Å²) >= 11 is 0. The van der Waals surface area contributed by atoms with Crippen LogP contribution < -0.4 is 4.74 Å². The van der Waals surface area contributed by atoms with Gasteiger partial charge in [-0.2, -0.15) is 13.2 Å². The highest BCUT2D eigenvalue weighted by Crippen LogP contribution is 2.34. The third-order valence-corrected chi connectivity index (χ3v) is 2.96. The Bertz CT molecular complexity index is 726. The second-order valence-corrected chi connectivity index (χ2v) is 5.15. The lowest BCUT2D eigenvalue weighted by Gasteiger charge is -2.17. The molecule has 0 aliphatic carbocycles. The number of hydrogen-bond donors (Lipinski definition) is 1. The number of aromatic nitrogens is 2. The molecule has 0 radical (unpaired) electrons. The van der Waals surface area contributed by atoms with Crippen LogP contribution in [-0.2, 0) is 17.5 Å². The molecule has 2 rings (SSSR count). The normalized spacial score (nSPS) is 11.6. The van der Waals surface area contributed by atoms with Crippen molar-refractivity contribution in [2.45, 2.75) is 32.7 Å². The number of nitrogens with zero attached hydrogens (tertiary/aromatic N) is 2. The fraction of sp³-hybridized carbons (Fsp3) is 0.333. The van der Waals surface area contributed by atoms with Crippen LogP contribution in [-0.4, -0.2) is 27.2 Å². The molecule has 0 aliphatic heterocycles. The first kappa shape index (κ1) is 17.6. The molecule has 0 saturated carbocycles. The Balaban J connectivity index is 2.38. The summed E-state index contributed by atoms with van der Waals surface area (Å²) in [6.45, 7) is 2.63. The molecule has 1 aromatic carbocycles. The Labute approximate surface area is 135 Å². The van der Waals surface area contributed by atoms with E-state index in [-0.39, 0.29) is 17.0 Å². The van der Waals surface area contributed by atoms with Crippen LogP contribution >= 0.6 is 0 Å². The summed E-state index contributed by atoms with van der Waals surface area (Å²) in [7, 11) is 0. The van der Waals surface area contributed by atoms with Crippen molar-refractivity contribution >= 4 is 5.97 Å². The van der Waals surface area contributed by atoms with Crippen LogP contribution in [0.4, 0.5) is 13.2 Å². The summed E-state index contributed by atoms with van der Waals surface area (Å²) in [6.07, 6.45) is -3.99. The van der Waals surface area contributed by atoms with Crippen LogP contribution in [0.15, 0.2) is 30.5 Å². The maximum atomic E-state index is 13.2. The van der Waals surface area contributed by atoms with Crippen molar-refractivity contribution in [3.63, 3.8) is 0 Å². The second kappa shape index (κ2) is 6.81. The van der Waals surface area contributed by atoms with Gasteiger partial charge >= 0.3 is 12.1 Å². The molecular weight excluding hydrogens is 329 g/mol. The maximum absolute atomic E-state index is 13.2. The topological polar surface area (TPSA) is 73.6 Å². The van der Waals surface area contributed by atoms with Gasteiger partial charge in [-0.25, -0.2) is 4.79 Å². The van der Waals surface area contributed by atoms with Crippen molar-refractivity contribution in [1.82, 2.24) is 9.94 Å². The molecule has 1 aromatic heterocycles. The van der Waals surface area contributed by atoms with Crippen molar-refractivity contribution < 1.29 is 32.6 Å². The molecule has 9 heteroatoms. The largest absolute Gasteiger partial charge is 0.472 e. The van der Waals surface area contributed by atoms with Gasteiger partial charge in [0.05, 0.1) is 23.4 Å². The first-order valence-electron chi connectivity index (χ1n) is 6.96. The van der Waals surface area contributed by atoms with Gasteiger partial charge in [-0.1, -0.05) is 11.2 Å². The minimum absolute atomic E-state index is 0.0855. The molecule has 1 heterocycles. The van der Waals surface area contributed by atoms with Gasteiger partial charge in [0, 0.05) is 11.6 Å². The van der Waals surface area contributed by atoms with Gasteiger partial charge in [0.2, 0.25) is 5.88 Å². The van der Waals surface area contributed by atoms with Gasteiger partial charge in [0.15, 0.2) is 0 Å². The Hall–Kier alpha value is -2.71. The van der Waals surface area contributed by atoms with Gasteiger partial charge in [-0.15, -0.1) is 4.85 Å². The van der Waals surface area contributed by atoms with Crippen LogP contribution in [0, 0.1) is 0 Å². The van der Waals surface area contributed by atoms with Gasteiger partial charge < -0.3 is 14.7 Å². The minimum Gasteiger partial charge on any atom is -0.472 e. The van der Waals surface area contributed by atoms with Gasteiger partial charge in [0.1, 0.15) is 6.61 Å². The van der Waals surface area contributed by atoms with Crippen molar-refractivity contribution in [1.29, 1.82) is 0 Å². The molecule has 0 amide bonds. The smallest absolute Gasteiger partial charge is 0.416 e. The Kier molecular flexibility index (Phi) is 5.01. The summed E-state index contributed by atoms with van der Waals surface area (Å²) in [4.78, 5) is 12.5. The number of esters is 1. The number of carbonyl (C=O) groups is 1. The summed E-state index contributed by atoms with van der Waals surface area (Å²) < 4.78 is 49.8. The lowest BCUT2D eigenvalue weighted by Crippen LogP contribution is -2.19. The zero-order chi connectivity index (χ0) is 17.9. The van der Waals surface area contributed by atoms with E-state index in [9.17, 15) is 18.0 Å². The number of hydrogen-bond acceptors (Lipinski definition) is 5. The van der Waals surface area contributed by atoms with Gasteiger partial charge in [-0.05, 0) is 26.0 Å². The van der Waals surface area contributed by atoms with Crippen LogP contribution in [0.2, 0.25) is 0 Å². The van der Waals surface area contributed by atoms with Gasteiger partial charge in [0.25, 0.3) is 0 Å². The average molecular weight is 344 g/mol. The van der Waals surface area contributed by atoms with E-state index in [2.05, 4.69) is 5.10 Å². The van der Waals surface area contributed by atoms with E-state index in [0.29, 0.717) is 4.85 Å². The van der Waals surface area contributed by atoms with Crippen molar-refractivity contribution in [2.24, 2.45) is 0 Å². The summed E-state index contributed by atoms with van der Waals surface area (Å²) in [5, 5.41) is 12.5. The number of alkyl halides is 3. The molecule has 0 unspecified atom stereocenters. The molecule has 0 atom stereocenters. The van der Waals surface area contributed by atoms with E-state index in [1.165, 1.54) is 12.1 Å². The fourth-order valence-electron chi connectivity index (χ4n) is 2.00. The van der Waals surface area contributed by atoms with Gasteiger partial charge in [-0.3, -0.25) is 0 Å². The number of benzene rings is 1. The van der Waals surface area contributed by atoms with Crippen LogP contribution in [0.5, 0.6) is 5.88 Å². The maximum Gasteiger partial charge on any atom is 0.416 e. The highest BCUT2D eigenvalue weighted by Gasteiger charge is 2.35. The fourth-order valence-corrected chi connectivity index (χ4v) is 2.00. The van der Waals surface area contributed by atoms with Crippen molar-refractivity contribution in [3.05, 3.63) is 47.2 Å². The van der Waals surface area contributed by atoms with E-state index in [1.807, 2.05) is 0 Å². The minimum atomic E-state index is -4.66. The molecule has 0 saturated heterocycles. The highest BCUT2D eigenvalue weighted by molar-refractivity contribution is 5.91. The molecule has 0 aliphatic rings. The van der Waals surface area contributed by atoms with Crippen LogP contribution in [0.25, 0.3) is 0 Å². The molecule has 0 bridgehead atoms. The van der Waals surface area contributed by atoms with E-state index < -0.39 is 30.4 Å². The molecule has 6 nitrogen and oxygen atoms in total. The quantitative estimate of drug-likeness (QED) is 0.666. The number of halogens is 3. The summed E-state index contributed by atoms with van der Waals surface area (Å²) in [6, 6.07) is 4.49. The third-order valence-electron chi connectivity index (χ3n) is 2.96. The molecule has 0 spiro atoms. The molecule has 2 aromatic rings. The number of carbonyl (C=O) groups excluding carboxylic acids is 1. The summed E-state index contributed by atoms with van der Waals surface area (Å²) in [5.74, 6) is -0.958. The average Bonchev–Trinajstić information content (AvgIpc) is 2.88. The summed E-state index contributed by atoms with van der Waals surface area (Å²) in [5.41, 5.74) is -1.59. The monoisotopic (exact) mass is 344 g/mol. The number of rotatable bonds is 5. The number of ether oxygens (including phenoxy) is 2. The van der Waals surface area contributed by atoms with Crippen LogP contribution in [0.1, 0.15) is 35.3 Å². The zero-order valence-electron chi connectivity index (χ0n) is 12.9. The van der Waals surface area contributed by atoms with E-state index in [1.54, 1.807) is 13.8 Å². The van der Waals surface area contributed by atoms with Crippen LogP contribution in [0.3, 0.4) is 0 Å². The lowest BCUT2D eigenvalue weighted by molar-refractivity contribution is -0.138. The SMILES string of the molecule is CC(C)OC(=O)c1cccc(C(F)(F)F)c1COc1ccn(O)n1.